The van der Waals surface area contributed by atoms with Gasteiger partial charge in [-0.05, 0) is 24.6 Å². The number of nitrogens with zero attached hydrogens (tertiary/aromatic N) is 1. The molecule has 1 amide bonds. The Hall–Kier alpha value is -3.42. The molecule has 0 unspecified atom stereocenters. The molecule has 0 aliphatic heterocycles. The van der Waals surface area contributed by atoms with Crippen LogP contribution in [0.15, 0.2) is 42.5 Å². The lowest BCUT2D eigenvalue weighted by molar-refractivity contribution is -0.384. The Morgan fingerprint density at radius 3 is 2.09 bits per heavy atom. The largest absolute Gasteiger partial charge is 0.491 e. The molecule has 0 aromatic heterocycles. The highest BCUT2D eigenvalue weighted by molar-refractivity contribution is 6.11. The summed E-state index contributed by atoms with van der Waals surface area (Å²) in [7, 11) is 0. The van der Waals surface area contributed by atoms with E-state index in [9.17, 15) is 24.8 Å². The molecule has 0 saturated carbocycles. The van der Waals surface area contributed by atoms with Crippen LogP contribution in [0.2, 0.25) is 0 Å². The number of hydrogen-bond donors (Lipinski definition) is 2. The van der Waals surface area contributed by atoms with Gasteiger partial charge in [-0.15, -0.1) is 0 Å². The lowest BCUT2D eigenvalue weighted by atomic mass is 10.1. The number of carbonyl (C=O) groups is 2. The lowest BCUT2D eigenvalue weighted by Crippen LogP contribution is -2.17. The smallest absolute Gasteiger partial charge is 0.336 e. The van der Waals surface area contributed by atoms with Gasteiger partial charge in [0.1, 0.15) is 5.75 Å². The van der Waals surface area contributed by atoms with Gasteiger partial charge in [-0.3, -0.25) is 14.9 Å². The van der Waals surface area contributed by atoms with Crippen LogP contribution in [-0.4, -0.2) is 28.5 Å². The summed E-state index contributed by atoms with van der Waals surface area (Å²) in [5.74, 6) is -1.66. The molecule has 184 valence electrons. The molecule has 0 radical (unpaired) electrons. The van der Waals surface area contributed by atoms with Crippen molar-refractivity contribution < 1.29 is 24.4 Å². The van der Waals surface area contributed by atoms with Crippen molar-refractivity contribution in [3.63, 3.8) is 0 Å². The van der Waals surface area contributed by atoms with Crippen molar-refractivity contribution in [1.29, 1.82) is 0 Å². The minimum atomic E-state index is -1.22. The van der Waals surface area contributed by atoms with Crippen LogP contribution in [0.25, 0.3) is 0 Å². The van der Waals surface area contributed by atoms with Gasteiger partial charge >= 0.3 is 5.97 Å². The van der Waals surface area contributed by atoms with Crippen molar-refractivity contribution in [2.45, 2.75) is 71.1 Å². The fourth-order valence-corrected chi connectivity index (χ4v) is 3.68. The van der Waals surface area contributed by atoms with Crippen LogP contribution in [0.1, 0.15) is 91.8 Å². The molecule has 2 aromatic carbocycles. The van der Waals surface area contributed by atoms with Gasteiger partial charge in [0, 0.05) is 6.07 Å². The number of carboxylic acid groups (broad SMARTS) is 1. The number of nitrogens with one attached hydrogen (secondary N) is 1. The second-order valence-electron chi connectivity index (χ2n) is 8.27. The van der Waals surface area contributed by atoms with Crippen LogP contribution in [0.4, 0.5) is 11.4 Å². The molecule has 0 fully saturated rings. The van der Waals surface area contributed by atoms with Gasteiger partial charge in [-0.1, -0.05) is 76.8 Å². The monoisotopic (exact) mass is 470 g/mol. The molecule has 0 aliphatic rings. The number of amides is 1. The molecule has 0 saturated heterocycles. The summed E-state index contributed by atoms with van der Waals surface area (Å²) in [6.07, 6.45) is 11.8. The number of carbonyl (C=O) groups excluding carboxylic acids is 1. The first-order valence-electron chi connectivity index (χ1n) is 12.0. The molecule has 0 atom stereocenters. The molecule has 2 aromatic rings. The first-order chi connectivity index (χ1) is 16.4. The van der Waals surface area contributed by atoms with Crippen LogP contribution in [-0.2, 0) is 0 Å². The summed E-state index contributed by atoms with van der Waals surface area (Å²) >= 11 is 0. The van der Waals surface area contributed by atoms with Gasteiger partial charge in [0.25, 0.3) is 11.6 Å². The van der Waals surface area contributed by atoms with Crippen molar-refractivity contribution in [3.05, 3.63) is 63.7 Å². The molecule has 2 rings (SSSR count). The van der Waals surface area contributed by atoms with Crippen LogP contribution in [0.5, 0.6) is 5.75 Å². The average Bonchev–Trinajstić information content (AvgIpc) is 2.83. The van der Waals surface area contributed by atoms with E-state index in [2.05, 4.69) is 12.2 Å². The Kier molecular flexibility index (Phi) is 11.6. The number of non-ortho nitro benzene ring substituents is 1. The lowest BCUT2D eigenvalue weighted by Gasteiger charge is -2.13. The average molecular weight is 471 g/mol. The van der Waals surface area contributed by atoms with Gasteiger partial charge in [0.15, 0.2) is 0 Å². The Bertz CT molecular complexity index is 960. The second kappa shape index (κ2) is 14.7. The highest BCUT2D eigenvalue weighted by Gasteiger charge is 2.19. The highest BCUT2D eigenvalue weighted by atomic mass is 16.6. The minimum Gasteiger partial charge on any atom is -0.491 e. The van der Waals surface area contributed by atoms with Crippen molar-refractivity contribution in [2.75, 3.05) is 11.9 Å². The number of benzene rings is 2. The topological polar surface area (TPSA) is 119 Å². The first kappa shape index (κ1) is 26.8. The number of hydrogen-bond acceptors (Lipinski definition) is 5. The number of anilines is 1. The van der Waals surface area contributed by atoms with Gasteiger partial charge in [0.05, 0.1) is 34.4 Å². The molecule has 34 heavy (non-hydrogen) atoms. The number of aromatic carboxylic acids is 1. The zero-order chi connectivity index (χ0) is 24.8. The predicted octanol–water partition coefficient (Wildman–Crippen LogP) is 6.85. The zero-order valence-corrected chi connectivity index (χ0v) is 19.8. The third-order valence-corrected chi connectivity index (χ3v) is 5.58. The molecule has 8 heteroatoms. The summed E-state index contributed by atoms with van der Waals surface area (Å²) in [5, 5.41) is 23.1. The Labute approximate surface area is 200 Å². The van der Waals surface area contributed by atoms with Gasteiger partial charge < -0.3 is 15.2 Å². The summed E-state index contributed by atoms with van der Waals surface area (Å²) in [4.78, 5) is 34.8. The summed E-state index contributed by atoms with van der Waals surface area (Å²) < 4.78 is 5.78. The van der Waals surface area contributed by atoms with Crippen LogP contribution in [0, 0.1) is 10.1 Å². The van der Waals surface area contributed by atoms with E-state index < -0.39 is 16.8 Å². The molecule has 2 N–H and O–H groups in total. The molecule has 0 spiro atoms. The molecule has 8 nitrogen and oxygen atoms in total. The molecular formula is C26H34N2O6. The quantitative estimate of drug-likeness (QED) is 0.157. The molecule has 0 bridgehead atoms. The second-order valence-corrected chi connectivity index (χ2v) is 8.27. The fourth-order valence-electron chi connectivity index (χ4n) is 3.68. The number of nitro benzene ring substituents is 1. The maximum atomic E-state index is 12.7. The zero-order valence-electron chi connectivity index (χ0n) is 19.8. The van der Waals surface area contributed by atoms with Crippen LogP contribution < -0.4 is 10.1 Å². The predicted molar refractivity (Wildman–Crippen MR) is 132 cm³/mol. The van der Waals surface area contributed by atoms with E-state index in [1.165, 1.54) is 81.3 Å². The Balaban J connectivity index is 1.91. The maximum absolute atomic E-state index is 12.7. The summed E-state index contributed by atoms with van der Waals surface area (Å²) in [6, 6.07) is 9.80. The Morgan fingerprint density at radius 2 is 1.50 bits per heavy atom. The van der Waals surface area contributed by atoms with Crippen LogP contribution >= 0.6 is 0 Å². The van der Waals surface area contributed by atoms with Crippen molar-refractivity contribution in [1.82, 2.24) is 0 Å². The van der Waals surface area contributed by atoms with E-state index in [1.54, 1.807) is 6.07 Å². The van der Waals surface area contributed by atoms with Gasteiger partial charge in [0.2, 0.25) is 0 Å². The van der Waals surface area contributed by atoms with E-state index in [0.29, 0.717) is 6.61 Å². The molecule has 0 heterocycles. The number of ether oxygens (including phenoxy) is 1. The number of nitro groups is 1. The third-order valence-electron chi connectivity index (χ3n) is 5.58. The fraction of sp³-hybridized carbons (Fsp3) is 0.462. The van der Waals surface area contributed by atoms with Crippen LogP contribution in [0.3, 0.4) is 0 Å². The van der Waals surface area contributed by atoms with E-state index in [0.717, 1.165) is 19.3 Å². The van der Waals surface area contributed by atoms with Crippen molar-refractivity contribution in [3.8, 4) is 5.75 Å². The number of carboxylic acids is 1. The van der Waals surface area contributed by atoms with E-state index >= 15 is 0 Å². The number of unbranched alkanes of at least 4 members (excludes halogenated alkanes) is 9. The molecular weight excluding hydrogens is 436 g/mol. The van der Waals surface area contributed by atoms with Crippen molar-refractivity contribution >= 4 is 23.3 Å². The normalized spacial score (nSPS) is 10.6. The minimum absolute atomic E-state index is 0.00556. The van der Waals surface area contributed by atoms with Gasteiger partial charge in [-0.25, -0.2) is 4.79 Å². The highest BCUT2D eigenvalue weighted by Crippen LogP contribution is 2.30. The van der Waals surface area contributed by atoms with E-state index in [4.69, 9.17) is 4.74 Å². The number of rotatable bonds is 16. The first-order valence-corrected chi connectivity index (χ1v) is 12.0. The third kappa shape index (κ3) is 8.84. The standard InChI is InChI=1S/C26H34N2O6/c1-2-3-4-5-6-7-8-9-10-13-18-34-24-19-20(28(32)33)16-17-23(24)27-25(29)21-14-11-12-15-22(21)26(30)31/h11-12,14-17,19H,2-10,13,18H2,1H3,(H,27,29)(H,30,31). The van der Waals surface area contributed by atoms with E-state index in [1.807, 2.05) is 0 Å². The SMILES string of the molecule is CCCCCCCCCCCCOc1cc([N+](=O)[O-])ccc1NC(=O)c1ccccc1C(=O)O. The summed E-state index contributed by atoms with van der Waals surface area (Å²) in [5.41, 5.74) is -0.0337. The maximum Gasteiger partial charge on any atom is 0.336 e. The summed E-state index contributed by atoms with van der Waals surface area (Å²) in [6.45, 7) is 2.58. The van der Waals surface area contributed by atoms with Crippen molar-refractivity contribution in [2.24, 2.45) is 0 Å². The molecule has 0 aliphatic carbocycles. The Morgan fingerprint density at radius 1 is 0.912 bits per heavy atom. The van der Waals surface area contributed by atoms with E-state index in [-0.39, 0.29) is 28.3 Å². The van der Waals surface area contributed by atoms with Gasteiger partial charge in [-0.2, -0.15) is 0 Å².